The predicted octanol–water partition coefficient (Wildman–Crippen LogP) is 4.75. The van der Waals surface area contributed by atoms with Gasteiger partial charge >= 0.3 is 0 Å². The van der Waals surface area contributed by atoms with Gasteiger partial charge < -0.3 is 9.90 Å². The van der Waals surface area contributed by atoms with Crippen LogP contribution in [0.5, 0.6) is 0 Å². The molecule has 2 nitrogen and oxygen atoms in total. The van der Waals surface area contributed by atoms with E-state index in [0.717, 1.165) is 44.8 Å². The van der Waals surface area contributed by atoms with Crippen molar-refractivity contribution in [2.75, 3.05) is 0 Å². The molecule has 0 aliphatic heterocycles. The molecule has 0 amide bonds. The van der Waals surface area contributed by atoms with Gasteiger partial charge in [0.1, 0.15) is 6.29 Å². The van der Waals surface area contributed by atoms with Crippen molar-refractivity contribution >= 4 is 6.29 Å². The Morgan fingerprint density at radius 1 is 0.950 bits per heavy atom. The van der Waals surface area contributed by atoms with Crippen molar-refractivity contribution in [3.63, 3.8) is 0 Å². The summed E-state index contributed by atoms with van der Waals surface area (Å²) in [4.78, 5) is 10.1. The van der Waals surface area contributed by atoms with Gasteiger partial charge in [0.15, 0.2) is 0 Å². The molecule has 1 unspecified atom stereocenters. The third-order valence-corrected chi connectivity index (χ3v) is 3.07. The zero-order valence-electron chi connectivity index (χ0n) is 12.8. The molecule has 0 rings (SSSR count). The van der Waals surface area contributed by atoms with Crippen LogP contribution in [-0.2, 0) is 4.79 Å². The molecule has 0 aromatic rings. The lowest BCUT2D eigenvalue weighted by molar-refractivity contribution is -0.107. The summed E-state index contributed by atoms with van der Waals surface area (Å²) in [5, 5.41) is 9.66. The van der Waals surface area contributed by atoms with Crippen LogP contribution in [0.2, 0.25) is 0 Å². The predicted molar refractivity (Wildman–Crippen MR) is 86.7 cm³/mol. The summed E-state index contributed by atoms with van der Waals surface area (Å²) >= 11 is 0. The Kier molecular flexibility index (Phi) is 15.0. The van der Waals surface area contributed by atoms with Crippen molar-refractivity contribution in [2.24, 2.45) is 0 Å². The van der Waals surface area contributed by atoms with Crippen molar-refractivity contribution in [2.45, 2.75) is 70.8 Å². The molecular formula is C18H30O2. The summed E-state index contributed by atoms with van der Waals surface area (Å²) in [5.41, 5.74) is 0. The molecule has 20 heavy (non-hydrogen) atoms. The van der Waals surface area contributed by atoms with Crippen molar-refractivity contribution < 1.29 is 9.90 Å². The summed E-state index contributed by atoms with van der Waals surface area (Å²) in [6.45, 7) is 2.17. The van der Waals surface area contributed by atoms with Gasteiger partial charge in [-0.1, -0.05) is 62.6 Å². The Bertz CT molecular complexity index is 290. The van der Waals surface area contributed by atoms with E-state index in [1.807, 2.05) is 18.2 Å². The second-order valence-electron chi connectivity index (χ2n) is 5.03. The number of aldehydes is 1. The van der Waals surface area contributed by atoms with Gasteiger partial charge in [-0.2, -0.15) is 0 Å². The first kappa shape index (κ1) is 18.9. The third kappa shape index (κ3) is 14.9. The maximum atomic E-state index is 10.1. The van der Waals surface area contributed by atoms with Crippen LogP contribution in [0.15, 0.2) is 36.5 Å². The SMILES string of the molecule is CCCCCC(O)/C=C/C=C\C/C=C\CCCCC=O. The molecule has 0 aromatic carbocycles. The van der Waals surface area contributed by atoms with Crippen molar-refractivity contribution in [3.05, 3.63) is 36.5 Å². The Labute approximate surface area is 124 Å². The van der Waals surface area contributed by atoms with Gasteiger partial charge in [0, 0.05) is 6.42 Å². The monoisotopic (exact) mass is 278 g/mol. The highest BCUT2D eigenvalue weighted by molar-refractivity contribution is 5.48. The zero-order valence-corrected chi connectivity index (χ0v) is 12.8. The van der Waals surface area contributed by atoms with E-state index < -0.39 is 0 Å². The zero-order chi connectivity index (χ0) is 14.9. The van der Waals surface area contributed by atoms with Gasteiger partial charge in [0.25, 0.3) is 0 Å². The Morgan fingerprint density at radius 3 is 2.50 bits per heavy atom. The van der Waals surface area contributed by atoms with Gasteiger partial charge in [-0.15, -0.1) is 0 Å². The summed E-state index contributed by atoms with van der Waals surface area (Å²) in [7, 11) is 0. The molecule has 0 radical (unpaired) electrons. The van der Waals surface area contributed by atoms with Gasteiger partial charge in [0.05, 0.1) is 6.10 Å². The highest BCUT2D eigenvalue weighted by atomic mass is 16.3. The molecule has 0 saturated heterocycles. The van der Waals surface area contributed by atoms with E-state index >= 15 is 0 Å². The Balaban J connectivity index is 3.50. The number of allylic oxidation sites excluding steroid dienone is 5. The first-order valence-electron chi connectivity index (χ1n) is 7.91. The molecule has 0 aliphatic rings. The molecule has 1 N–H and O–H groups in total. The molecule has 0 saturated carbocycles. The number of rotatable bonds is 13. The fraction of sp³-hybridized carbons (Fsp3) is 0.611. The van der Waals surface area contributed by atoms with Crippen LogP contribution in [0.1, 0.15) is 64.7 Å². The van der Waals surface area contributed by atoms with Gasteiger partial charge in [-0.05, 0) is 32.1 Å². The van der Waals surface area contributed by atoms with Crippen LogP contribution in [0, 0.1) is 0 Å². The molecule has 0 spiro atoms. The molecule has 0 aromatic heterocycles. The standard InChI is InChI=1S/C18H30O2/c1-2-3-12-15-18(20)16-13-10-8-6-4-5-7-9-11-14-17-19/h4-5,8,10,13,16-18,20H,2-3,6-7,9,11-12,14-15H2,1H3/b5-4-,10-8-,16-13+. The van der Waals surface area contributed by atoms with E-state index in [-0.39, 0.29) is 6.10 Å². The topological polar surface area (TPSA) is 37.3 Å². The van der Waals surface area contributed by atoms with E-state index in [1.165, 1.54) is 12.8 Å². The number of aliphatic hydroxyl groups excluding tert-OH is 1. The Hall–Kier alpha value is -1.15. The highest BCUT2D eigenvalue weighted by Crippen LogP contribution is 2.04. The molecule has 0 bridgehead atoms. The number of hydrogen-bond donors (Lipinski definition) is 1. The fourth-order valence-corrected chi connectivity index (χ4v) is 1.83. The number of unbranched alkanes of at least 4 members (excludes halogenated alkanes) is 5. The molecular weight excluding hydrogens is 248 g/mol. The second-order valence-corrected chi connectivity index (χ2v) is 5.03. The third-order valence-electron chi connectivity index (χ3n) is 3.07. The van der Waals surface area contributed by atoms with Crippen LogP contribution in [0.4, 0.5) is 0 Å². The highest BCUT2D eigenvalue weighted by Gasteiger charge is 1.96. The molecule has 0 heterocycles. The summed E-state index contributed by atoms with van der Waals surface area (Å²) in [6, 6.07) is 0. The van der Waals surface area contributed by atoms with E-state index in [0.29, 0.717) is 6.42 Å². The van der Waals surface area contributed by atoms with Gasteiger partial charge in [-0.3, -0.25) is 0 Å². The smallest absolute Gasteiger partial charge is 0.119 e. The lowest BCUT2D eigenvalue weighted by atomic mass is 10.1. The normalized spacial score (nSPS) is 13.7. The van der Waals surface area contributed by atoms with Crippen LogP contribution < -0.4 is 0 Å². The van der Waals surface area contributed by atoms with E-state index in [9.17, 15) is 9.90 Å². The average Bonchev–Trinajstić information content (AvgIpc) is 2.45. The minimum Gasteiger partial charge on any atom is -0.389 e. The van der Waals surface area contributed by atoms with E-state index in [4.69, 9.17) is 0 Å². The first-order valence-corrected chi connectivity index (χ1v) is 7.91. The number of hydrogen-bond acceptors (Lipinski definition) is 2. The minimum atomic E-state index is -0.306. The van der Waals surface area contributed by atoms with Gasteiger partial charge in [0.2, 0.25) is 0 Å². The van der Waals surface area contributed by atoms with Crippen LogP contribution in [0.3, 0.4) is 0 Å². The van der Waals surface area contributed by atoms with E-state index in [2.05, 4.69) is 25.2 Å². The van der Waals surface area contributed by atoms with Crippen LogP contribution >= 0.6 is 0 Å². The van der Waals surface area contributed by atoms with Crippen molar-refractivity contribution in [1.82, 2.24) is 0 Å². The molecule has 1 atom stereocenters. The average molecular weight is 278 g/mol. The minimum absolute atomic E-state index is 0.306. The summed E-state index contributed by atoms with van der Waals surface area (Å²) < 4.78 is 0. The largest absolute Gasteiger partial charge is 0.389 e. The maximum absolute atomic E-state index is 10.1. The summed E-state index contributed by atoms with van der Waals surface area (Å²) in [6.07, 6.45) is 21.9. The number of carbonyl (C=O) groups excluding carboxylic acids is 1. The van der Waals surface area contributed by atoms with Gasteiger partial charge in [-0.25, -0.2) is 0 Å². The maximum Gasteiger partial charge on any atom is 0.119 e. The van der Waals surface area contributed by atoms with Crippen molar-refractivity contribution in [3.8, 4) is 0 Å². The quantitative estimate of drug-likeness (QED) is 0.228. The second kappa shape index (κ2) is 15.9. The molecule has 114 valence electrons. The molecule has 0 aliphatic carbocycles. The van der Waals surface area contributed by atoms with Crippen LogP contribution in [0.25, 0.3) is 0 Å². The van der Waals surface area contributed by atoms with Crippen molar-refractivity contribution in [1.29, 1.82) is 0 Å². The first-order chi connectivity index (χ1) is 9.81. The lowest BCUT2D eigenvalue weighted by Gasteiger charge is -2.02. The van der Waals surface area contributed by atoms with E-state index in [1.54, 1.807) is 0 Å². The number of carbonyl (C=O) groups is 1. The Morgan fingerprint density at radius 2 is 1.75 bits per heavy atom. The number of aliphatic hydroxyl groups is 1. The molecule has 2 heteroatoms. The summed E-state index contributed by atoms with van der Waals surface area (Å²) in [5.74, 6) is 0. The van der Waals surface area contributed by atoms with Crippen LogP contribution in [-0.4, -0.2) is 17.5 Å². The fourth-order valence-electron chi connectivity index (χ4n) is 1.83. The molecule has 0 fully saturated rings. The lowest BCUT2D eigenvalue weighted by Crippen LogP contribution is -2.00.